The number of fused-ring (bicyclic) bond motifs is 1. The molecule has 0 aliphatic heterocycles. The van der Waals surface area contributed by atoms with Gasteiger partial charge in [0.15, 0.2) is 0 Å². The predicted octanol–water partition coefficient (Wildman–Crippen LogP) is 1.78. The molecule has 2 aromatic rings. The summed E-state index contributed by atoms with van der Waals surface area (Å²) >= 11 is 3.03. The van der Waals surface area contributed by atoms with Crippen LogP contribution < -0.4 is 5.14 Å². The standard InChI is InChI=1S/C10H13N3.H3NS/c1-3-4-9-5-6-10-8(2)11-7-12-13(9)10;1-2/h5-7H,3-4H2,1-2H3;2H,1H2. The molecule has 4 nitrogen and oxygen atoms in total. The van der Waals surface area contributed by atoms with Gasteiger partial charge < -0.3 is 0 Å². The number of hydrogen-bond donors (Lipinski definition) is 2. The molecule has 0 fully saturated rings. The van der Waals surface area contributed by atoms with Gasteiger partial charge in [-0.1, -0.05) is 13.3 Å². The van der Waals surface area contributed by atoms with E-state index in [0.29, 0.717) is 0 Å². The molecule has 0 amide bonds. The number of nitrogens with two attached hydrogens (primary N) is 1. The maximum Gasteiger partial charge on any atom is 0.136 e. The first kappa shape index (κ1) is 12.0. The van der Waals surface area contributed by atoms with Crippen LogP contribution >= 0.6 is 12.8 Å². The van der Waals surface area contributed by atoms with Crippen molar-refractivity contribution < 1.29 is 0 Å². The highest BCUT2D eigenvalue weighted by molar-refractivity contribution is 7.77. The highest BCUT2D eigenvalue weighted by atomic mass is 32.1. The molecule has 2 N–H and O–H groups in total. The number of hydrogen-bond acceptors (Lipinski definition) is 4. The van der Waals surface area contributed by atoms with Crippen molar-refractivity contribution >= 4 is 18.3 Å². The molecule has 0 radical (unpaired) electrons. The largest absolute Gasteiger partial charge is 0.281 e. The second kappa shape index (κ2) is 5.72. The van der Waals surface area contributed by atoms with E-state index in [1.54, 1.807) is 6.33 Å². The lowest BCUT2D eigenvalue weighted by Crippen LogP contribution is -1.99. The summed E-state index contributed by atoms with van der Waals surface area (Å²) in [6, 6.07) is 4.21. The van der Waals surface area contributed by atoms with E-state index in [0.717, 1.165) is 24.1 Å². The molecule has 15 heavy (non-hydrogen) atoms. The molecule has 0 atom stereocenters. The van der Waals surface area contributed by atoms with Crippen molar-refractivity contribution in [1.29, 1.82) is 0 Å². The molecule has 2 aromatic heterocycles. The number of aryl methyl sites for hydroxylation is 2. The first-order valence-corrected chi connectivity index (χ1v) is 5.38. The predicted molar refractivity (Wildman–Crippen MR) is 64.9 cm³/mol. The molecule has 5 heteroatoms. The van der Waals surface area contributed by atoms with Crippen molar-refractivity contribution in [3.63, 3.8) is 0 Å². The molecule has 0 aromatic carbocycles. The minimum absolute atomic E-state index is 1.04. The van der Waals surface area contributed by atoms with Crippen LogP contribution in [0.25, 0.3) is 5.52 Å². The van der Waals surface area contributed by atoms with Gasteiger partial charge in [-0.3, -0.25) is 5.14 Å². The Hall–Kier alpha value is -1.07. The number of aromatic nitrogens is 3. The highest BCUT2D eigenvalue weighted by Gasteiger charge is 2.03. The SMILES string of the molecule is CCCc1ccc2c(C)ncnn12.NS. The van der Waals surface area contributed by atoms with Gasteiger partial charge in [0.2, 0.25) is 0 Å². The molecular weight excluding hydrogens is 208 g/mol. The van der Waals surface area contributed by atoms with Gasteiger partial charge in [0, 0.05) is 5.69 Å². The van der Waals surface area contributed by atoms with Gasteiger partial charge in [-0.05, 0) is 25.5 Å². The van der Waals surface area contributed by atoms with E-state index in [2.05, 4.69) is 47.1 Å². The van der Waals surface area contributed by atoms with Gasteiger partial charge in [-0.2, -0.15) is 5.10 Å². The Kier molecular flexibility index (Phi) is 4.58. The molecule has 0 aliphatic rings. The van der Waals surface area contributed by atoms with E-state index in [1.165, 1.54) is 5.69 Å². The smallest absolute Gasteiger partial charge is 0.136 e. The van der Waals surface area contributed by atoms with Gasteiger partial charge in [0.05, 0.1) is 11.2 Å². The lowest BCUT2D eigenvalue weighted by Gasteiger charge is -2.00. The fourth-order valence-corrected chi connectivity index (χ4v) is 1.56. The summed E-state index contributed by atoms with van der Waals surface area (Å²) in [5, 5.41) is 8.42. The average molecular weight is 224 g/mol. The summed E-state index contributed by atoms with van der Waals surface area (Å²) in [6.45, 7) is 4.18. The molecular formula is C10H16N4S. The van der Waals surface area contributed by atoms with Gasteiger partial charge in [0.25, 0.3) is 0 Å². The molecule has 0 bridgehead atoms. The Morgan fingerprint density at radius 1 is 1.40 bits per heavy atom. The van der Waals surface area contributed by atoms with E-state index in [4.69, 9.17) is 0 Å². The molecule has 0 aliphatic carbocycles. The molecule has 2 rings (SSSR count). The monoisotopic (exact) mass is 224 g/mol. The van der Waals surface area contributed by atoms with Crippen LogP contribution in [0.15, 0.2) is 18.5 Å². The van der Waals surface area contributed by atoms with Crippen molar-refractivity contribution in [3.8, 4) is 0 Å². The second-order valence-electron chi connectivity index (χ2n) is 3.22. The number of nitrogens with zero attached hydrogens (tertiary/aromatic N) is 3. The third-order valence-electron chi connectivity index (χ3n) is 2.23. The highest BCUT2D eigenvalue weighted by Crippen LogP contribution is 2.11. The van der Waals surface area contributed by atoms with E-state index < -0.39 is 0 Å². The quantitative estimate of drug-likeness (QED) is 0.765. The topological polar surface area (TPSA) is 56.2 Å². The van der Waals surface area contributed by atoms with E-state index in [-0.39, 0.29) is 0 Å². The minimum Gasteiger partial charge on any atom is -0.281 e. The van der Waals surface area contributed by atoms with E-state index in [9.17, 15) is 0 Å². The Balaban J connectivity index is 0.000000531. The zero-order chi connectivity index (χ0) is 11.3. The van der Waals surface area contributed by atoms with Gasteiger partial charge in [0.1, 0.15) is 6.33 Å². The van der Waals surface area contributed by atoms with Crippen molar-refractivity contribution in [1.82, 2.24) is 14.6 Å². The third-order valence-corrected chi connectivity index (χ3v) is 2.23. The van der Waals surface area contributed by atoms with Crippen molar-refractivity contribution in [2.45, 2.75) is 26.7 Å². The van der Waals surface area contributed by atoms with E-state index in [1.807, 2.05) is 11.4 Å². The maximum absolute atomic E-state index is 4.23. The lowest BCUT2D eigenvalue weighted by molar-refractivity contribution is 0.788. The van der Waals surface area contributed by atoms with Gasteiger partial charge >= 0.3 is 0 Å². The summed E-state index contributed by atoms with van der Waals surface area (Å²) in [6.07, 6.45) is 3.83. The normalized spacial score (nSPS) is 9.87. The molecule has 0 saturated carbocycles. The minimum atomic E-state index is 1.04. The zero-order valence-corrected chi connectivity index (χ0v) is 9.91. The molecule has 0 saturated heterocycles. The lowest BCUT2D eigenvalue weighted by atomic mass is 10.3. The van der Waals surface area contributed by atoms with Crippen molar-refractivity contribution in [2.75, 3.05) is 0 Å². The first-order valence-electron chi connectivity index (χ1n) is 4.87. The van der Waals surface area contributed by atoms with E-state index >= 15 is 0 Å². The second-order valence-corrected chi connectivity index (χ2v) is 3.22. The maximum atomic E-state index is 4.23. The zero-order valence-electron chi connectivity index (χ0n) is 9.01. The fourth-order valence-electron chi connectivity index (χ4n) is 1.56. The van der Waals surface area contributed by atoms with Crippen LogP contribution in [0.5, 0.6) is 0 Å². The van der Waals surface area contributed by atoms with Crippen molar-refractivity contribution in [3.05, 3.63) is 29.8 Å². The fraction of sp³-hybridized carbons (Fsp3) is 0.400. The average Bonchev–Trinajstić information content (AvgIpc) is 2.67. The van der Waals surface area contributed by atoms with Crippen LogP contribution in [-0.2, 0) is 6.42 Å². The Morgan fingerprint density at radius 3 is 2.80 bits per heavy atom. The van der Waals surface area contributed by atoms with Crippen LogP contribution in [0.4, 0.5) is 0 Å². The summed E-state index contributed by atoms with van der Waals surface area (Å²) in [4.78, 5) is 4.15. The van der Waals surface area contributed by atoms with Crippen LogP contribution in [0.3, 0.4) is 0 Å². The molecule has 0 unspecified atom stereocenters. The van der Waals surface area contributed by atoms with Gasteiger partial charge in [-0.25, -0.2) is 9.50 Å². The Bertz CT molecular complexity index is 424. The number of thiol groups is 1. The number of rotatable bonds is 2. The molecule has 0 spiro atoms. The van der Waals surface area contributed by atoms with Crippen LogP contribution in [0, 0.1) is 6.92 Å². The Labute approximate surface area is 95.1 Å². The first-order chi connectivity index (χ1) is 7.33. The molecule has 82 valence electrons. The van der Waals surface area contributed by atoms with Crippen LogP contribution in [-0.4, -0.2) is 14.6 Å². The Morgan fingerprint density at radius 2 is 2.13 bits per heavy atom. The van der Waals surface area contributed by atoms with Crippen LogP contribution in [0.2, 0.25) is 0 Å². The summed E-state index contributed by atoms with van der Waals surface area (Å²) < 4.78 is 1.98. The third kappa shape index (κ3) is 2.49. The summed E-state index contributed by atoms with van der Waals surface area (Å²) in [5.74, 6) is 0. The van der Waals surface area contributed by atoms with Crippen LogP contribution in [0.1, 0.15) is 24.7 Å². The van der Waals surface area contributed by atoms with Crippen molar-refractivity contribution in [2.24, 2.45) is 5.14 Å². The van der Waals surface area contributed by atoms with Gasteiger partial charge in [-0.15, -0.1) is 12.8 Å². The molecule has 2 heterocycles. The summed E-state index contributed by atoms with van der Waals surface area (Å²) in [7, 11) is 0. The summed E-state index contributed by atoms with van der Waals surface area (Å²) in [5.41, 5.74) is 3.42.